The van der Waals surface area contributed by atoms with Gasteiger partial charge in [-0.15, -0.1) is 0 Å². The third kappa shape index (κ3) is 2.75. The van der Waals surface area contributed by atoms with Crippen LogP contribution in [0, 0.1) is 12.7 Å². The van der Waals surface area contributed by atoms with Gasteiger partial charge in [-0.1, -0.05) is 43.1 Å². The van der Waals surface area contributed by atoms with E-state index in [0.29, 0.717) is 28.7 Å². The Morgan fingerprint density at radius 2 is 2.00 bits per heavy atom. The Bertz CT molecular complexity index is 950. The SMILES string of the molecule is CCCc1nc(=O)n(-c2ccccc2C)c2cc(Cl)cc(F)c12. The quantitative estimate of drug-likeness (QED) is 0.711. The summed E-state index contributed by atoms with van der Waals surface area (Å²) < 4.78 is 15.9. The van der Waals surface area contributed by atoms with E-state index < -0.39 is 11.5 Å². The molecule has 0 aliphatic carbocycles. The predicted octanol–water partition coefficient (Wildman–Crippen LogP) is 4.44. The fourth-order valence-corrected chi connectivity index (χ4v) is 3.01. The maximum Gasteiger partial charge on any atom is 0.352 e. The van der Waals surface area contributed by atoms with E-state index in [4.69, 9.17) is 11.6 Å². The molecule has 3 rings (SSSR count). The first kappa shape index (κ1) is 15.7. The van der Waals surface area contributed by atoms with Crippen molar-refractivity contribution < 1.29 is 4.39 Å². The number of para-hydroxylation sites is 1. The monoisotopic (exact) mass is 330 g/mol. The molecule has 3 aromatic rings. The van der Waals surface area contributed by atoms with Crippen LogP contribution in [0.4, 0.5) is 4.39 Å². The lowest BCUT2D eigenvalue weighted by Crippen LogP contribution is -2.24. The van der Waals surface area contributed by atoms with Crippen LogP contribution in [-0.4, -0.2) is 9.55 Å². The Balaban J connectivity index is 2.49. The molecular weight excluding hydrogens is 315 g/mol. The third-order valence-corrected chi connectivity index (χ3v) is 4.05. The molecule has 1 aromatic heterocycles. The Morgan fingerprint density at radius 3 is 2.70 bits per heavy atom. The number of fused-ring (bicyclic) bond motifs is 1. The number of rotatable bonds is 3. The zero-order valence-electron chi connectivity index (χ0n) is 12.9. The van der Waals surface area contributed by atoms with Crippen molar-refractivity contribution in [2.24, 2.45) is 0 Å². The van der Waals surface area contributed by atoms with Gasteiger partial charge < -0.3 is 0 Å². The van der Waals surface area contributed by atoms with Gasteiger partial charge in [0.1, 0.15) is 5.82 Å². The van der Waals surface area contributed by atoms with Crippen molar-refractivity contribution in [1.82, 2.24) is 9.55 Å². The van der Waals surface area contributed by atoms with Crippen molar-refractivity contribution in [1.29, 1.82) is 0 Å². The maximum absolute atomic E-state index is 14.5. The van der Waals surface area contributed by atoms with Gasteiger partial charge in [-0.25, -0.2) is 9.18 Å². The minimum Gasteiger partial charge on any atom is -0.260 e. The molecule has 0 saturated carbocycles. The average Bonchev–Trinajstić information content (AvgIpc) is 2.48. The van der Waals surface area contributed by atoms with Crippen LogP contribution in [0.15, 0.2) is 41.2 Å². The van der Waals surface area contributed by atoms with Crippen molar-refractivity contribution in [3.05, 3.63) is 69.0 Å². The number of nitrogens with zero attached hydrogens (tertiary/aromatic N) is 2. The second kappa shape index (κ2) is 6.13. The van der Waals surface area contributed by atoms with Crippen LogP contribution in [0.25, 0.3) is 16.6 Å². The second-order valence-electron chi connectivity index (χ2n) is 5.49. The summed E-state index contributed by atoms with van der Waals surface area (Å²) in [6.07, 6.45) is 1.32. The molecule has 0 radical (unpaired) electrons. The van der Waals surface area contributed by atoms with Gasteiger partial charge in [0.2, 0.25) is 0 Å². The fourth-order valence-electron chi connectivity index (χ4n) is 2.81. The van der Waals surface area contributed by atoms with Gasteiger partial charge in [-0.2, -0.15) is 4.98 Å². The molecule has 118 valence electrons. The molecular formula is C18H16ClFN2O. The lowest BCUT2D eigenvalue weighted by atomic mass is 10.1. The van der Waals surface area contributed by atoms with Crippen LogP contribution in [0.2, 0.25) is 5.02 Å². The van der Waals surface area contributed by atoms with Crippen molar-refractivity contribution in [3.63, 3.8) is 0 Å². The van der Waals surface area contributed by atoms with Gasteiger partial charge in [0.05, 0.1) is 22.3 Å². The lowest BCUT2D eigenvalue weighted by molar-refractivity contribution is 0.636. The first-order valence-electron chi connectivity index (χ1n) is 7.49. The summed E-state index contributed by atoms with van der Waals surface area (Å²) in [6.45, 7) is 3.86. The summed E-state index contributed by atoms with van der Waals surface area (Å²) in [5, 5.41) is 0.615. The third-order valence-electron chi connectivity index (χ3n) is 3.83. The predicted molar refractivity (Wildman–Crippen MR) is 91.0 cm³/mol. The molecule has 0 aliphatic rings. The van der Waals surface area contributed by atoms with Crippen molar-refractivity contribution in [2.75, 3.05) is 0 Å². The number of halogens is 2. The van der Waals surface area contributed by atoms with Gasteiger partial charge in [0, 0.05) is 5.02 Å². The molecule has 1 heterocycles. The molecule has 2 aromatic carbocycles. The summed E-state index contributed by atoms with van der Waals surface area (Å²) in [6, 6.07) is 10.3. The molecule has 0 saturated heterocycles. The molecule has 23 heavy (non-hydrogen) atoms. The number of benzene rings is 2. The van der Waals surface area contributed by atoms with E-state index >= 15 is 0 Å². The number of aryl methyl sites for hydroxylation is 2. The van der Waals surface area contributed by atoms with Crippen LogP contribution in [0.5, 0.6) is 0 Å². The highest BCUT2D eigenvalue weighted by atomic mass is 35.5. The van der Waals surface area contributed by atoms with Gasteiger partial charge in [-0.05, 0) is 37.1 Å². The van der Waals surface area contributed by atoms with E-state index in [9.17, 15) is 9.18 Å². The van der Waals surface area contributed by atoms with E-state index in [-0.39, 0.29) is 5.02 Å². The highest BCUT2D eigenvalue weighted by molar-refractivity contribution is 6.31. The van der Waals surface area contributed by atoms with E-state index in [1.54, 1.807) is 6.07 Å². The Kier molecular flexibility index (Phi) is 4.18. The topological polar surface area (TPSA) is 34.9 Å². The number of aromatic nitrogens is 2. The van der Waals surface area contributed by atoms with Gasteiger partial charge in [0.15, 0.2) is 0 Å². The Hall–Kier alpha value is -2.20. The standard InChI is InChI=1S/C18H16ClFN2O/c1-3-6-14-17-13(20)9-12(19)10-16(17)22(18(23)21-14)15-8-5-4-7-11(15)2/h4-5,7-10H,3,6H2,1-2H3. The van der Waals surface area contributed by atoms with Crippen molar-refractivity contribution >= 4 is 22.5 Å². The minimum absolute atomic E-state index is 0.255. The van der Waals surface area contributed by atoms with Crippen LogP contribution >= 0.6 is 11.6 Å². The van der Waals surface area contributed by atoms with Gasteiger partial charge >= 0.3 is 5.69 Å². The van der Waals surface area contributed by atoms with E-state index in [1.165, 1.54) is 10.6 Å². The summed E-state index contributed by atoms with van der Waals surface area (Å²) in [7, 11) is 0. The molecule has 3 nitrogen and oxygen atoms in total. The largest absolute Gasteiger partial charge is 0.352 e. The number of hydrogen-bond acceptors (Lipinski definition) is 2. The second-order valence-corrected chi connectivity index (χ2v) is 5.93. The van der Waals surface area contributed by atoms with E-state index in [2.05, 4.69) is 4.98 Å². The first-order chi connectivity index (χ1) is 11.0. The summed E-state index contributed by atoms with van der Waals surface area (Å²) in [4.78, 5) is 16.7. The molecule has 0 unspecified atom stereocenters. The van der Waals surface area contributed by atoms with Gasteiger partial charge in [-0.3, -0.25) is 4.57 Å². The molecule has 5 heteroatoms. The smallest absolute Gasteiger partial charge is 0.260 e. The van der Waals surface area contributed by atoms with Crippen molar-refractivity contribution in [2.45, 2.75) is 26.7 Å². The van der Waals surface area contributed by atoms with Crippen LogP contribution in [0.1, 0.15) is 24.6 Å². The van der Waals surface area contributed by atoms with Crippen molar-refractivity contribution in [3.8, 4) is 5.69 Å². The minimum atomic E-state index is -0.453. The molecule has 0 bridgehead atoms. The molecule has 0 spiro atoms. The number of hydrogen-bond donors (Lipinski definition) is 0. The average molecular weight is 331 g/mol. The molecule has 0 atom stereocenters. The van der Waals surface area contributed by atoms with Crippen LogP contribution in [-0.2, 0) is 6.42 Å². The molecule has 0 aliphatic heterocycles. The van der Waals surface area contributed by atoms with E-state index in [0.717, 1.165) is 12.0 Å². The van der Waals surface area contributed by atoms with E-state index in [1.807, 2.05) is 38.1 Å². The molecule has 0 fully saturated rings. The normalized spacial score (nSPS) is 11.1. The first-order valence-corrected chi connectivity index (χ1v) is 7.87. The molecule has 0 N–H and O–H groups in total. The van der Waals surface area contributed by atoms with Crippen LogP contribution < -0.4 is 5.69 Å². The zero-order valence-corrected chi connectivity index (χ0v) is 13.7. The summed E-state index contributed by atoms with van der Waals surface area (Å²) in [5.41, 5.74) is 2.09. The fraction of sp³-hybridized carbons (Fsp3) is 0.222. The molecule has 0 amide bonds. The Morgan fingerprint density at radius 1 is 1.26 bits per heavy atom. The Labute approximate surface area is 138 Å². The highest BCUT2D eigenvalue weighted by Gasteiger charge is 2.16. The zero-order chi connectivity index (χ0) is 16.6. The van der Waals surface area contributed by atoms with Gasteiger partial charge in [0.25, 0.3) is 0 Å². The summed E-state index contributed by atoms with van der Waals surface area (Å²) >= 11 is 6.03. The highest BCUT2D eigenvalue weighted by Crippen LogP contribution is 2.27. The summed E-state index contributed by atoms with van der Waals surface area (Å²) in [5.74, 6) is -0.453. The lowest BCUT2D eigenvalue weighted by Gasteiger charge is -2.15. The van der Waals surface area contributed by atoms with Crippen LogP contribution in [0.3, 0.4) is 0 Å². The maximum atomic E-state index is 14.5.